The number of aryl methyl sites for hydroxylation is 1. The van der Waals surface area contributed by atoms with E-state index in [9.17, 15) is 0 Å². The van der Waals surface area contributed by atoms with Crippen molar-refractivity contribution in [2.75, 3.05) is 5.75 Å². The Labute approximate surface area is 164 Å². The van der Waals surface area contributed by atoms with E-state index in [1.165, 1.54) is 16.0 Å². The molecule has 0 saturated carbocycles. The van der Waals surface area contributed by atoms with Crippen LogP contribution in [-0.2, 0) is 13.1 Å². The largest absolute Gasteiger partial charge is 0.306 e. The van der Waals surface area contributed by atoms with Crippen molar-refractivity contribution in [1.29, 1.82) is 5.26 Å². The van der Waals surface area contributed by atoms with Crippen LogP contribution in [0.1, 0.15) is 30.0 Å². The van der Waals surface area contributed by atoms with Crippen LogP contribution in [0.3, 0.4) is 0 Å². The number of benzene rings is 2. The smallest absolute Gasteiger partial charge is 0.0968 e. The fourth-order valence-corrected chi connectivity index (χ4v) is 4.62. The number of hydrogen-bond donors (Lipinski definition) is 1. The molecule has 0 radical (unpaired) electrons. The molecule has 0 amide bonds. The molecule has 3 aromatic rings. The Bertz CT molecular complexity index is 942. The van der Waals surface area contributed by atoms with Crippen LogP contribution in [0.25, 0.3) is 11.3 Å². The third-order valence-corrected chi connectivity index (χ3v) is 5.96. The van der Waals surface area contributed by atoms with Gasteiger partial charge in [0.25, 0.3) is 0 Å². The molecule has 1 aliphatic heterocycles. The van der Waals surface area contributed by atoms with E-state index in [1.54, 1.807) is 0 Å². The quantitative estimate of drug-likeness (QED) is 0.674. The van der Waals surface area contributed by atoms with Gasteiger partial charge in [-0.1, -0.05) is 48.5 Å². The summed E-state index contributed by atoms with van der Waals surface area (Å²) in [6.07, 6.45) is 3.68. The van der Waals surface area contributed by atoms with Gasteiger partial charge in [-0.05, 0) is 23.8 Å². The Kier molecular flexibility index (Phi) is 5.57. The molecule has 5 heteroatoms. The molecule has 0 aliphatic carbocycles. The third kappa shape index (κ3) is 4.08. The van der Waals surface area contributed by atoms with Crippen molar-refractivity contribution in [2.45, 2.75) is 36.9 Å². The summed E-state index contributed by atoms with van der Waals surface area (Å²) in [7, 11) is 0. The fraction of sp³-hybridized carbons (Fsp3) is 0.273. The Hall–Kier alpha value is -2.55. The number of nitrogens with one attached hydrogen (secondary N) is 1. The van der Waals surface area contributed by atoms with E-state index in [0.29, 0.717) is 19.0 Å². The molecule has 1 aromatic heterocycles. The average molecular weight is 375 g/mol. The molecule has 2 heterocycles. The van der Waals surface area contributed by atoms with E-state index in [1.807, 2.05) is 34.6 Å². The lowest BCUT2D eigenvalue weighted by Crippen LogP contribution is -2.24. The molecule has 0 bridgehead atoms. The molecule has 1 aliphatic rings. The lowest BCUT2D eigenvalue weighted by Gasteiger charge is -2.26. The first-order valence-electron chi connectivity index (χ1n) is 9.29. The lowest BCUT2D eigenvalue weighted by molar-refractivity contribution is 0.510. The Morgan fingerprint density at radius 2 is 1.96 bits per heavy atom. The van der Waals surface area contributed by atoms with Gasteiger partial charge in [-0.25, -0.2) is 0 Å². The van der Waals surface area contributed by atoms with Crippen LogP contribution in [0.4, 0.5) is 0 Å². The monoisotopic (exact) mass is 374 g/mol. The summed E-state index contributed by atoms with van der Waals surface area (Å²) in [4.78, 5) is 1.38. The van der Waals surface area contributed by atoms with Gasteiger partial charge in [0.15, 0.2) is 0 Å². The summed E-state index contributed by atoms with van der Waals surface area (Å²) >= 11 is 1.94. The predicted octanol–water partition coefficient (Wildman–Crippen LogP) is 4.79. The van der Waals surface area contributed by atoms with Crippen LogP contribution in [0.15, 0.2) is 65.7 Å². The van der Waals surface area contributed by atoms with Crippen LogP contribution in [0, 0.1) is 11.3 Å². The highest BCUT2D eigenvalue weighted by molar-refractivity contribution is 7.99. The van der Waals surface area contributed by atoms with Crippen molar-refractivity contribution in [1.82, 2.24) is 15.1 Å². The molecule has 4 rings (SSSR count). The number of aromatic nitrogens is 2. The molecular formula is C22H22N4S. The lowest BCUT2D eigenvalue weighted by atomic mass is 10.0. The molecule has 0 spiro atoms. The van der Waals surface area contributed by atoms with Gasteiger partial charge >= 0.3 is 0 Å². The minimum atomic E-state index is 0.369. The Morgan fingerprint density at radius 1 is 1.15 bits per heavy atom. The van der Waals surface area contributed by atoms with Crippen molar-refractivity contribution in [3.05, 3.63) is 71.9 Å². The van der Waals surface area contributed by atoms with Crippen molar-refractivity contribution < 1.29 is 0 Å². The van der Waals surface area contributed by atoms with Gasteiger partial charge in [-0.2, -0.15) is 10.4 Å². The minimum absolute atomic E-state index is 0.369. The molecule has 27 heavy (non-hydrogen) atoms. The van der Waals surface area contributed by atoms with Gasteiger partial charge in [0, 0.05) is 34.8 Å². The standard InChI is InChI=1S/C22H22N4S/c23-12-6-13-26-16-18(22(25-26)17-7-2-1-3-8-17)15-24-20-11-14-27-21-10-5-4-9-19(20)21/h1-5,7-10,16,20,24H,6,11,13-15H2. The number of nitrogens with zero attached hydrogens (tertiary/aromatic N) is 3. The molecule has 4 nitrogen and oxygen atoms in total. The number of hydrogen-bond acceptors (Lipinski definition) is 4. The third-order valence-electron chi connectivity index (χ3n) is 4.83. The molecule has 0 saturated heterocycles. The van der Waals surface area contributed by atoms with E-state index in [4.69, 9.17) is 10.4 Å². The summed E-state index contributed by atoms with van der Waals surface area (Å²) in [5, 5.41) is 17.4. The maximum absolute atomic E-state index is 8.88. The SMILES string of the molecule is N#CCCn1cc(CNC2CCSc3ccccc32)c(-c2ccccc2)n1. The predicted molar refractivity (Wildman–Crippen MR) is 109 cm³/mol. The molecule has 1 unspecified atom stereocenters. The number of rotatable bonds is 6. The first-order chi connectivity index (χ1) is 13.3. The maximum atomic E-state index is 8.88. The average Bonchev–Trinajstić information content (AvgIpc) is 3.14. The van der Waals surface area contributed by atoms with E-state index in [-0.39, 0.29) is 0 Å². The highest BCUT2D eigenvalue weighted by Gasteiger charge is 2.20. The summed E-state index contributed by atoms with van der Waals surface area (Å²) in [6, 6.07) is 21.5. The summed E-state index contributed by atoms with van der Waals surface area (Å²) in [5.74, 6) is 1.14. The maximum Gasteiger partial charge on any atom is 0.0968 e. The van der Waals surface area contributed by atoms with Gasteiger partial charge < -0.3 is 5.32 Å². The van der Waals surface area contributed by atoms with Crippen LogP contribution in [0.5, 0.6) is 0 Å². The van der Waals surface area contributed by atoms with E-state index in [2.05, 4.69) is 54.0 Å². The van der Waals surface area contributed by atoms with Gasteiger partial charge in [-0.3, -0.25) is 4.68 Å². The molecule has 2 aromatic carbocycles. The normalized spacial score (nSPS) is 15.9. The molecular weight excluding hydrogens is 352 g/mol. The summed E-state index contributed by atoms with van der Waals surface area (Å²) in [6.45, 7) is 1.39. The number of thioether (sulfide) groups is 1. The van der Waals surface area contributed by atoms with Crippen LogP contribution >= 0.6 is 11.8 Å². The Balaban J connectivity index is 1.57. The van der Waals surface area contributed by atoms with Crippen LogP contribution in [0.2, 0.25) is 0 Å². The Morgan fingerprint density at radius 3 is 2.81 bits per heavy atom. The van der Waals surface area contributed by atoms with E-state index in [0.717, 1.165) is 30.0 Å². The van der Waals surface area contributed by atoms with Gasteiger partial charge in [0.2, 0.25) is 0 Å². The van der Waals surface area contributed by atoms with Crippen molar-refractivity contribution in [3.63, 3.8) is 0 Å². The first kappa shape index (κ1) is 17.8. The second-order valence-electron chi connectivity index (χ2n) is 6.65. The first-order valence-corrected chi connectivity index (χ1v) is 10.3. The van der Waals surface area contributed by atoms with Crippen molar-refractivity contribution in [3.8, 4) is 17.3 Å². The zero-order valence-corrected chi connectivity index (χ0v) is 16.0. The molecule has 136 valence electrons. The summed E-state index contributed by atoms with van der Waals surface area (Å²) < 4.78 is 1.90. The summed E-state index contributed by atoms with van der Waals surface area (Å²) in [5.41, 5.74) is 4.69. The highest BCUT2D eigenvalue weighted by Crippen LogP contribution is 2.36. The van der Waals surface area contributed by atoms with Crippen LogP contribution in [-0.4, -0.2) is 15.5 Å². The molecule has 0 fully saturated rings. The van der Waals surface area contributed by atoms with E-state index >= 15 is 0 Å². The van der Waals surface area contributed by atoms with Gasteiger partial charge in [-0.15, -0.1) is 11.8 Å². The topological polar surface area (TPSA) is 53.6 Å². The van der Waals surface area contributed by atoms with Crippen molar-refractivity contribution >= 4 is 11.8 Å². The van der Waals surface area contributed by atoms with Gasteiger partial charge in [0.1, 0.15) is 0 Å². The number of nitriles is 1. The zero-order chi connectivity index (χ0) is 18.5. The molecule has 1 N–H and O–H groups in total. The second kappa shape index (κ2) is 8.43. The second-order valence-corrected chi connectivity index (χ2v) is 7.79. The highest BCUT2D eigenvalue weighted by atomic mass is 32.2. The zero-order valence-electron chi connectivity index (χ0n) is 15.1. The number of fused-ring (bicyclic) bond motifs is 1. The van der Waals surface area contributed by atoms with Crippen LogP contribution < -0.4 is 5.32 Å². The van der Waals surface area contributed by atoms with E-state index < -0.39 is 0 Å². The van der Waals surface area contributed by atoms with Gasteiger partial charge in [0.05, 0.1) is 24.7 Å². The minimum Gasteiger partial charge on any atom is -0.306 e. The van der Waals surface area contributed by atoms with Crippen molar-refractivity contribution in [2.24, 2.45) is 0 Å². The fourth-order valence-electron chi connectivity index (χ4n) is 3.50. The molecule has 1 atom stereocenters.